The van der Waals surface area contributed by atoms with Crippen LogP contribution in [0.1, 0.15) is 16.2 Å². The number of aryl methyl sites for hydroxylation is 1. The molecule has 2 aromatic rings. The molecule has 0 saturated heterocycles. The van der Waals surface area contributed by atoms with Gasteiger partial charge in [0.25, 0.3) is 5.91 Å². The van der Waals surface area contributed by atoms with Crippen LogP contribution in [0.3, 0.4) is 0 Å². The molecule has 0 radical (unpaired) electrons. The number of anilines is 2. The largest absolute Gasteiger partial charge is 0.375 e. The van der Waals surface area contributed by atoms with Crippen molar-refractivity contribution in [3.8, 4) is 0 Å². The van der Waals surface area contributed by atoms with Crippen LogP contribution in [-0.4, -0.2) is 30.5 Å². The van der Waals surface area contributed by atoms with Gasteiger partial charge in [0.2, 0.25) is 5.91 Å². The topological polar surface area (TPSA) is 80.3 Å². The molecular formula is C16H17N3O3. The summed E-state index contributed by atoms with van der Waals surface area (Å²) in [4.78, 5) is 27.8. The summed E-state index contributed by atoms with van der Waals surface area (Å²) in [6.07, 6.45) is 0. The number of amides is 2. The maximum atomic E-state index is 12.1. The molecule has 6 heteroatoms. The molecule has 0 aliphatic rings. The Balaban J connectivity index is 2.07. The zero-order valence-corrected chi connectivity index (χ0v) is 12.4. The first kappa shape index (κ1) is 15.7. The predicted molar refractivity (Wildman–Crippen MR) is 83.9 cm³/mol. The lowest BCUT2D eigenvalue weighted by molar-refractivity contribution is -0.119. The smallest absolute Gasteiger partial charge is 0.274 e. The number of aromatic nitrogens is 1. The van der Waals surface area contributed by atoms with Gasteiger partial charge in [-0.05, 0) is 37.3 Å². The molecule has 0 aliphatic carbocycles. The zero-order valence-electron chi connectivity index (χ0n) is 12.4. The first-order valence-electron chi connectivity index (χ1n) is 6.72. The van der Waals surface area contributed by atoms with Crippen LogP contribution < -0.4 is 10.6 Å². The zero-order chi connectivity index (χ0) is 15.9. The van der Waals surface area contributed by atoms with E-state index < -0.39 is 0 Å². The molecule has 0 spiro atoms. The molecule has 0 aliphatic heterocycles. The van der Waals surface area contributed by atoms with Crippen molar-refractivity contribution in [1.29, 1.82) is 0 Å². The lowest BCUT2D eigenvalue weighted by Gasteiger charge is -2.08. The summed E-state index contributed by atoms with van der Waals surface area (Å²) in [6.45, 7) is 1.80. The summed E-state index contributed by atoms with van der Waals surface area (Å²) < 4.78 is 4.75. The lowest BCUT2D eigenvalue weighted by atomic mass is 10.2. The van der Waals surface area contributed by atoms with Crippen LogP contribution >= 0.6 is 0 Å². The molecule has 2 amide bonds. The number of hydrogen-bond donors (Lipinski definition) is 2. The average molecular weight is 299 g/mol. The number of methoxy groups -OCH3 is 1. The van der Waals surface area contributed by atoms with E-state index in [1.165, 1.54) is 7.11 Å². The van der Waals surface area contributed by atoms with E-state index in [2.05, 4.69) is 15.6 Å². The SMILES string of the molecule is COCC(=O)Nc1cccc(NC(=O)c2cccc(C)n2)c1. The third kappa shape index (κ3) is 4.39. The minimum absolute atomic E-state index is 0.0240. The molecule has 6 nitrogen and oxygen atoms in total. The Hall–Kier alpha value is -2.73. The number of rotatable bonds is 5. The number of benzene rings is 1. The molecule has 1 aromatic carbocycles. The van der Waals surface area contributed by atoms with E-state index in [0.29, 0.717) is 17.1 Å². The van der Waals surface area contributed by atoms with E-state index in [-0.39, 0.29) is 18.4 Å². The van der Waals surface area contributed by atoms with E-state index in [0.717, 1.165) is 5.69 Å². The van der Waals surface area contributed by atoms with E-state index in [4.69, 9.17) is 4.74 Å². The van der Waals surface area contributed by atoms with Gasteiger partial charge in [0.1, 0.15) is 12.3 Å². The molecule has 0 atom stereocenters. The summed E-state index contributed by atoms with van der Waals surface area (Å²) in [6, 6.07) is 12.1. The maximum Gasteiger partial charge on any atom is 0.274 e. The van der Waals surface area contributed by atoms with Gasteiger partial charge in [0.15, 0.2) is 0 Å². The van der Waals surface area contributed by atoms with Crippen molar-refractivity contribution in [2.45, 2.75) is 6.92 Å². The first-order valence-corrected chi connectivity index (χ1v) is 6.72. The van der Waals surface area contributed by atoms with Gasteiger partial charge in [-0.25, -0.2) is 4.98 Å². The number of nitrogens with zero attached hydrogens (tertiary/aromatic N) is 1. The third-order valence-corrected chi connectivity index (χ3v) is 2.80. The summed E-state index contributed by atoms with van der Waals surface area (Å²) in [7, 11) is 1.45. The lowest BCUT2D eigenvalue weighted by Crippen LogP contribution is -2.17. The highest BCUT2D eigenvalue weighted by molar-refractivity contribution is 6.03. The summed E-state index contributed by atoms with van der Waals surface area (Å²) in [5.41, 5.74) is 2.27. The van der Waals surface area contributed by atoms with Crippen molar-refractivity contribution in [3.63, 3.8) is 0 Å². The quantitative estimate of drug-likeness (QED) is 0.887. The van der Waals surface area contributed by atoms with Gasteiger partial charge >= 0.3 is 0 Å². The second-order valence-corrected chi connectivity index (χ2v) is 4.68. The van der Waals surface area contributed by atoms with Gasteiger partial charge in [-0.15, -0.1) is 0 Å². The van der Waals surface area contributed by atoms with E-state index in [1.54, 1.807) is 36.4 Å². The molecule has 0 unspecified atom stereocenters. The van der Waals surface area contributed by atoms with Crippen molar-refractivity contribution in [1.82, 2.24) is 4.98 Å². The molecule has 2 rings (SSSR count). The standard InChI is InChI=1S/C16H17N3O3/c1-11-5-3-8-14(17-11)16(21)19-13-7-4-6-12(9-13)18-15(20)10-22-2/h3-9H,10H2,1-2H3,(H,18,20)(H,19,21). The second-order valence-electron chi connectivity index (χ2n) is 4.68. The van der Waals surface area contributed by atoms with Gasteiger partial charge in [-0.2, -0.15) is 0 Å². The molecule has 0 bridgehead atoms. The van der Waals surface area contributed by atoms with Gasteiger partial charge < -0.3 is 15.4 Å². The number of ether oxygens (including phenoxy) is 1. The predicted octanol–water partition coefficient (Wildman–Crippen LogP) is 2.23. The number of carbonyl (C=O) groups is 2. The number of carbonyl (C=O) groups excluding carboxylic acids is 2. The van der Waals surface area contributed by atoms with Gasteiger partial charge in [0, 0.05) is 24.2 Å². The highest BCUT2D eigenvalue weighted by Crippen LogP contribution is 2.16. The molecule has 1 aromatic heterocycles. The van der Waals surface area contributed by atoms with Gasteiger partial charge in [0.05, 0.1) is 0 Å². The molecule has 0 saturated carbocycles. The minimum Gasteiger partial charge on any atom is -0.375 e. The monoisotopic (exact) mass is 299 g/mol. The fourth-order valence-electron chi connectivity index (χ4n) is 1.87. The maximum absolute atomic E-state index is 12.1. The van der Waals surface area contributed by atoms with Crippen LogP contribution in [0, 0.1) is 6.92 Å². The third-order valence-electron chi connectivity index (χ3n) is 2.80. The van der Waals surface area contributed by atoms with Crippen LogP contribution in [0.4, 0.5) is 11.4 Å². The Bertz CT molecular complexity index is 686. The summed E-state index contributed by atoms with van der Waals surface area (Å²) in [5, 5.41) is 5.42. The Morgan fingerprint density at radius 3 is 2.45 bits per heavy atom. The highest BCUT2D eigenvalue weighted by atomic mass is 16.5. The van der Waals surface area contributed by atoms with Crippen LogP contribution in [0.15, 0.2) is 42.5 Å². The fourth-order valence-corrected chi connectivity index (χ4v) is 1.87. The van der Waals surface area contributed by atoms with Crippen molar-refractivity contribution in [3.05, 3.63) is 53.9 Å². The van der Waals surface area contributed by atoms with E-state index in [1.807, 2.05) is 13.0 Å². The summed E-state index contributed by atoms with van der Waals surface area (Å²) >= 11 is 0. The van der Waals surface area contributed by atoms with E-state index >= 15 is 0 Å². The number of hydrogen-bond acceptors (Lipinski definition) is 4. The summed E-state index contributed by atoms with van der Waals surface area (Å²) in [5.74, 6) is -0.560. The van der Waals surface area contributed by atoms with Crippen LogP contribution in [0.2, 0.25) is 0 Å². The van der Waals surface area contributed by atoms with Crippen molar-refractivity contribution >= 4 is 23.2 Å². The molecule has 0 fully saturated rings. The Labute approximate surface area is 128 Å². The highest BCUT2D eigenvalue weighted by Gasteiger charge is 2.08. The molecule has 22 heavy (non-hydrogen) atoms. The van der Waals surface area contributed by atoms with Crippen molar-refractivity contribution in [2.75, 3.05) is 24.4 Å². The fraction of sp³-hybridized carbons (Fsp3) is 0.188. The normalized spacial score (nSPS) is 10.1. The molecular weight excluding hydrogens is 282 g/mol. The Morgan fingerprint density at radius 2 is 1.77 bits per heavy atom. The van der Waals surface area contributed by atoms with Gasteiger partial charge in [-0.3, -0.25) is 9.59 Å². The van der Waals surface area contributed by atoms with Crippen molar-refractivity contribution in [2.24, 2.45) is 0 Å². The minimum atomic E-state index is -0.302. The number of pyridine rings is 1. The number of nitrogens with one attached hydrogen (secondary N) is 2. The molecule has 1 heterocycles. The molecule has 2 N–H and O–H groups in total. The van der Waals surface area contributed by atoms with Crippen LogP contribution in [0.5, 0.6) is 0 Å². The second kappa shape index (κ2) is 7.33. The average Bonchev–Trinajstić information content (AvgIpc) is 2.47. The molecule has 114 valence electrons. The van der Waals surface area contributed by atoms with Crippen LogP contribution in [0.25, 0.3) is 0 Å². The van der Waals surface area contributed by atoms with Gasteiger partial charge in [-0.1, -0.05) is 12.1 Å². The first-order chi connectivity index (χ1) is 10.6. The van der Waals surface area contributed by atoms with Crippen LogP contribution in [-0.2, 0) is 9.53 Å². The van der Waals surface area contributed by atoms with E-state index in [9.17, 15) is 9.59 Å². The van der Waals surface area contributed by atoms with Crippen molar-refractivity contribution < 1.29 is 14.3 Å². The Kier molecular flexibility index (Phi) is 5.21. The Morgan fingerprint density at radius 1 is 1.09 bits per heavy atom.